The van der Waals surface area contributed by atoms with E-state index >= 15 is 0 Å². The van der Waals surface area contributed by atoms with Crippen molar-refractivity contribution in [3.8, 4) is 0 Å². The van der Waals surface area contributed by atoms with Gasteiger partial charge in [-0.2, -0.15) is 5.10 Å². The maximum Gasteiger partial charge on any atom is 0.0958 e. The van der Waals surface area contributed by atoms with E-state index < -0.39 is 0 Å². The first-order valence-electron chi connectivity index (χ1n) is 4.21. The van der Waals surface area contributed by atoms with Gasteiger partial charge in [-0.3, -0.25) is 4.68 Å². The fourth-order valence-corrected chi connectivity index (χ4v) is 2.58. The molecule has 66 valence electrons. The molecule has 0 bridgehead atoms. The van der Waals surface area contributed by atoms with Crippen LogP contribution in [0.5, 0.6) is 0 Å². The lowest BCUT2D eigenvalue weighted by Crippen LogP contribution is -2.26. The third kappa shape index (κ3) is 1.49. The van der Waals surface area contributed by atoms with Crippen molar-refractivity contribution in [1.82, 2.24) is 15.1 Å². The normalized spacial score (nSPS) is 24.2. The Morgan fingerprint density at radius 2 is 2.67 bits per heavy atom. The molecule has 0 radical (unpaired) electrons. The van der Waals surface area contributed by atoms with Crippen LogP contribution in [-0.4, -0.2) is 22.1 Å². The highest BCUT2D eigenvalue weighted by atomic mass is 32.2. The molecule has 1 aromatic heterocycles. The van der Waals surface area contributed by atoms with Gasteiger partial charge < -0.3 is 5.32 Å². The maximum absolute atomic E-state index is 4.16. The van der Waals surface area contributed by atoms with Gasteiger partial charge in [0.1, 0.15) is 0 Å². The minimum Gasteiger partial charge on any atom is -0.300 e. The lowest BCUT2D eigenvalue weighted by Gasteiger charge is -2.22. The zero-order valence-corrected chi connectivity index (χ0v) is 7.97. The van der Waals surface area contributed by atoms with Gasteiger partial charge in [0.2, 0.25) is 0 Å². The SMILES string of the molecule is Cn1nccc1C1NCCCS1. The highest BCUT2D eigenvalue weighted by Crippen LogP contribution is 2.28. The fourth-order valence-electron chi connectivity index (χ4n) is 1.40. The van der Waals surface area contributed by atoms with Gasteiger partial charge in [-0.05, 0) is 24.8 Å². The molecular weight excluding hydrogens is 170 g/mol. The van der Waals surface area contributed by atoms with Gasteiger partial charge in [-0.15, -0.1) is 11.8 Å². The molecule has 12 heavy (non-hydrogen) atoms. The topological polar surface area (TPSA) is 29.9 Å². The molecule has 0 saturated carbocycles. The van der Waals surface area contributed by atoms with E-state index in [0.717, 1.165) is 6.54 Å². The Morgan fingerprint density at radius 1 is 1.75 bits per heavy atom. The summed E-state index contributed by atoms with van der Waals surface area (Å²) in [6.45, 7) is 1.13. The van der Waals surface area contributed by atoms with Crippen molar-refractivity contribution < 1.29 is 0 Å². The average Bonchev–Trinajstić information content (AvgIpc) is 2.53. The summed E-state index contributed by atoms with van der Waals surface area (Å²) in [6, 6.07) is 2.08. The standard InChI is InChI=1S/C8H13N3S/c1-11-7(3-5-10-11)8-9-4-2-6-12-8/h3,5,8-9H,2,4,6H2,1H3. The predicted molar refractivity (Wildman–Crippen MR) is 51.0 cm³/mol. The summed E-state index contributed by atoms with van der Waals surface area (Å²) >= 11 is 1.96. The lowest BCUT2D eigenvalue weighted by molar-refractivity contribution is 0.595. The van der Waals surface area contributed by atoms with Crippen LogP contribution in [0.3, 0.4) is 0 Å². The highest BCUT2D eigenvalue weighted by molar-refractivity contribution is 7.99. The van der Waals surface area contributed by atoms with Gasteiger partial charge in [-0.25, -0.2) is 0 Å². The van der Waals surface area contributed by atoms with Crippen LogP contribution < -0.4 is 5.32 Å². The van der Waals surface area contributed by atoms with Crippen molar-refractivity contribution in [2.24, 2.45) is 7.05 Å². The Kier molecular flexibility index (Phi) is 2.37. The van der Waals surface area contributed by atoms with Crippen molar-refractivity contribution in [3.63, 3.8) is 0 Å². The van der Waals surface area contributed by atoms with E-state index in [9.17, 15) is 0 Å². The predicted octanol–water partition coefficient (Wildman–Crippen LogP) is 1.15. The Bertz CT molecular complexity index is 253. The molecule has 1 aromatic rings. The first kappa shape index (κ1) is 8.13. The van der Waals surface area contributed by atoms with Crippen molar-refractivity contribution >= 4 is 11.8 Å². The van der Waals surface area contributed by atoms with Crippen LogP contribution >= 0.6 is 11.8 Å². The van der Waals surface area contributed by atoms with Gasteiger partial charge in [0, 0.05) is 13.2 Å². The second-order valence-corrected chi connectivity index (χ2v) is 4.15. The molecule has 1 aliphatic heterocycles. The number of thioether (sulfide) groups is 1. The van der Waals surface area contributed by atoms with Crippen molar-refractivity contribution in [1.29, 1.82) is 0 Å². The highest BCUT2D eigenvalue weighted by Gasteiger charge is 2.17. The maximum atomic E-state index is 4.16. The van der Waals surface area contributed by atoms with Crippen LogP contribution in [0, 0.1) is 0 Å². The van der Waals surface area contributed by atoms with Crippen LogP contribution in [0.25, 0.3) is 0 Å². The first-order chi connectivity index (χ1) is 5.88. The summed E-state index contributed by atoms with van der Waals surface area (Å²) in [4.78, 5) is 0. The Labute approximate surface area is 76.5 Å². The van der Waals surface area contributed by atoms with Gasteiger partial charge >= 0.3 is 0 Å². The summed E-state index contributed by atoms with van der Waals surface area (Å²) in [5.74, 6) is 1.25. The minimum absolute atomic E-state index is 0.450. The third-order valence-corrected chi connectivity index (χ3v) is 3.33. The first-order valence-corrected chi connectivity index (χ1v) is 5.26. The molecule has 2 heterocycles. The molecule has 1 N–H and O–H groups in total. The quantitative estimate of drug-likeness (QED) is 0.708. The zero-order chi connectivity index (χ0) is 8.39. The summed E-state index contributed by atoms with van der Waals surface area (Å²) in [6.07, 6.45) is 3.13. The summed E-state index contributed by atoms with van der Waals surface area (Å²) in [7, 11) is 1.99. The fraction of sp³-hybridized carbons (Fsp3) is 0.625. The third-order valence-electron chi connectivity index (χ3n) is 2.06. The van der Waals surface area contributed by atoms with Gasteiger partial charge in [0.15, 0.2) is 0 Å². The second-order valence-electron chi connectivity index (χ2n) is 2.94. The number of aromatic nitrogens is 2. The van der Waals surface area contributed by atoms with Crippen LogP contribution in [-0.2, 0) is 7.05 Å². The molecule has 4 heteroatoms. The summed E-state index contributed by atoms with van der Waals surface area (Å²) in [5.41, 5.74) is 1.28. The molecule has 1 aliphatic rings. The molecule has 0 aliphatic carbocycles. The molecule has 3 nitrogen and oxygen atoms in total. The number of rotatable bonds is 1. The van der Waals surface area contributed by atoms with E-state index in [2.05, 4.69) is 16.5 Å². The van der Waals surface area contributed by atoms with Crippen LogP contribution in [0.4, 0.5) is 0 Å². The number of nitrogens with one attached hydrogen (secondary N) is 1. The second kappa shape index (κ2) is 3.49. The van der Waals surface area contributed by atoms with Crippen LogP contribution in [0.15, 0.2) is 12.3 Å². The monoisotopic (exact) mass is 183 g/mol. The molecule has 0 amide bonds. The smallest absolute Gasteiger partial charge is 0.0958 e. The van der Waals surface area contributed by atoms with Crippen molar-refractivity contribution in [2.45, 2.75) is 11.8 Å². The molecule has 2 rings (SSSR count). The zero-order valence-electron chi connectivity index (χ0n) is 7.16. The van der Waals surface area contributed by atoms with Crippen LogP contribution in [0.1, 0.15) is 17.5 Å². The van der Waals surface area contributed by atoms with E-state index in [1.807, 2.05) is 29.7 Å². The van der Waals surface area contributed by atoms with Crippen molar-refractivity contribution in [3.05, 3.63) is 18.0 Å². The number of hydrogen-bond donors (Lipinski definition) is 1. The van der Waals surface area contributed by atoms with E-state index in [-0.39, 0.29) is 0 Å². The number of nitrogens with zero attached hydrogens (tertiary/aromatic N) is 2. The molecule has 1 atom stereocenters. The number of aryl methyl sites for hydroxylation is 1. The molecular formula is C8H13N3S. The lowest BCUT2D eigenvalue weighted by atomic mass is 10.4. The Hall–Kier alpha value is -0.480. The van der Waals surface area contributed by atoms with Gasteiger partial charge in [0.05, 0.1) is 11.1 Å². The largest absolute Gasteiger partial charge is 0.300 e. The average molecular weight is 183 g/mol. The van der Waals surface area contributed by atoms with E-state index in [1.54, 1.807) is 0 Å². The molecule has 1 unspecified atom stereocenters. The Morgan fingerprint density at radius 3 is 3.25 bits per heavy atom. The molecule has 0 aromatic carbocycles. The summed E-state index contributed by atoms with van der Waals surface area (Å²) in [5, 5.41) is 8.07. The van der Waals surface area contributed by atoms with Crippen molar-refractivity contribution in [2.75, 3.05) is 12.3 Å². The Balaban J connectivity index is 2.13. The molecule has 1 saturated heterocycles. The van der Waals surface area contributed by atoms with E-state index in [1.165, 1.54) is 17.9 Å². The molecule has 0 spiro atoms. The minimum atomic E-state index is 0.450. The molecule has 1 fully saturated rings. The summed E-state index contributed by atoms with van der Waals surface area (Å²) < 4.78 is 1.94. The van der Waals surface area contributed by atoms with Gasteiger partial charge in [0.25, 0.3) is 0 Å². The number of hydrogen-bond acceptors (Lipinski definition) is 3. The van der Waals surface area contributed by atoms with Crippen LogP contribution in [0.2, 0.25) is 0 Å². The van der Waals surface area contributed by atoms with E-state index in [4.69, 9.17) is 0 Å². The van der Waals surface area contributed by atoms with E-state index in [0.29, 0.717) is 5.37 Å². The van der Waals surface area contributed by atoms with Gasteiger partial charge in [-0.1, -0.05) is 0 Å².